The number of aliphatic hydroxyl groups excluding tert-OH is 3. The first-order valence-corrected chi connectivity index (χ1v) is 23.1. The highest BCUT2D eigenvalue weighted by atomic mass is 31.2. The van der Waals surface area contributed by atoms with Gasteiger partial charge in [0.2, 0.25) is 5.95 Å². The Hall–Kier alpha value is -4.73. The number of nitrogens with one attached hydrogen (secondary N) is 2. The summed E-state index contributed by atoms with van der Waals surface area (Å²) in [6.45, 7) is -3.35. The van der Waals surface area contributed by atoms with E-state index in [9.17, 15) is 58.1 Å². The van der Waals surface area contributed by atoms with Crippen molar-refractivity contribution in [3.8, 4) is 0 Å². The van der Waals surface area contributed by atoms with E-state index < -0.39 is 134 Å². The molecule has 36 heteroatoms. The molecular formula is C29H35N12O21P3. The van der Waals surface area contributed by atoms with E-state index in [2.05, 4.69) is 29.9 Å². The number of aromatic nitrogens is 10. The van der Waals surface area contributed by atoms with Gasteiger partial charge >= 0.3 is 29.2 Å². The zero-order chi connectivity index (χ0) is 46.3. The Morgan fingerprint density at radius 3 is 1.58 bits per heavy atom. The Balaban J connectivity index is 1.07. The van der Waals surface area contributed by atoms with Crippen LogP contribution in [0, 0.1) is 0 Å². The lowest BCUT2D eigenvalue weighted by atomic mass is 10.1. The second-order valence-electron chi connectivity index (χ2n) is 14.5. The normalized spacial score (nSPS) is 38.6. The Morgan fingerprint density at radius 1 is 0.631 bits per heavy atom. The number of nitrogens with zero attached hydrogens (tertiary/aromatic N) is 8. The zero-order valence-electron chi connectivity index (χ0n) is 32.3. The summed E-state index contributed by atoms with van der Waals surface area (Å²) in [6, 6.07) is 0.874. The molecule has 0 bridgehead atoms. The molecule has 0 radical (unpaired) electrons. The molecule has 4 aliphatic heterocycles. The maximum Gasteiger partial charge on any atom is 0.472 e. The molecule has 4 fully saturated rings. The molecule has 5 aromatic rings. The standard InChI is InChI=1S/C29H35N12O21P3/c30-21-13-22(33-6-32-21)40(7-34-13)26-16(44)19-10(58-26)4-55-63(48,49)60-18-9(57-25(15(18)43)39-2-1-12(42)36-29(39)47)3-54-64(50,51)62-20-11(5-56-65(52,53)61-19)59-27(17(20)45)41-8-35-14-23(41)37-28(31)38-24(14)46/h1-2,6-11,15-20,25-27,43-45H,3-5H2,(H,48,49)(H,50,51)(H,52,53)(H2,30,32,33)(H,36,42,47)(H3,31,37,38,46)/t9-,10+,11-,15?,16+,17-,18-,19+,20-,25?,26-,27-/m1/s1. The number of H-pyrrole nitrogens is 2. The molecule has 15 atom stereocenters. The Kier molecular flexibility index (Phi) is 11.8. The van der Waals surface area contributed by atoms with Crippen molar-refractivity contribution in [3.05, 3.63) is 62.4 Å². The summed E-state index contributed by atoms with van der Waals surface area (Å²) in [4.78, 5) is 94.1. The largest absolute Gasteiger partial charge is 0.472 e. The summed E-state index contributed by atoms with van der Waals surface area (Å²) in [5.74, 6) is -0.454. The highest BCUT2D eigenvalue weighted by Gasteiger charge is 2.55. The third kappa shape index (κ3) is 8.72. The number of phosphoric acid groups is 3. The van der Waals surface area contributed by atoms with Gasteiger partial charge < -0.3 is 55.7 Å². The molecule has 9 heterocycles. The molecule has 0 amide bonds. The highest BCUT2D eigenvalue weighted by Crippen LogP contribution is 2.54. The smallest absolute Gasteiger partial charge is 0.386 e. The van der Waals surface area contributed by atoms with Crippen LogP contribution in [0.3, 0.4) is 0 Å². The van der Waals surface area contributed by atoms with Crippen LogP contribution in [0.4, 0.5) is 11.8 Å². The topological polar surface area (TPSA) is 470 Å². The first kappa shape index (κ1) is 45.4. The van der Waals surface area contributed by atoms with Crippen molar-refractivity contribution >= 4 is 57.6 Å². The van der Waals surface area contributed by atoms with Gasteiger partial charge in [-0.1, -0.05) is 0 Å². The molecule has 9 rings (SSSR count). The van der Waals surface area contributed by atoms with Crippen LogP contribution in [0.1, 0.15) is 18.7 Å². The van der Waals surface area contributed by atoms with Crippen LogP contribution in [0.2, 0.25) is 0 Å². The van der Waals surface area contributed by atoms with Gasteiger partial charge in [-0.05, 0) is 0 Å². The third-order valence-corrected chi connectivity index (χ3v) is 13.4. The summed E-state index contributed by atoms with van der Waals surface area (Å²) in [5.41, 5.74) is 8.36. The van der Waals surface area contributed by atoms with Crippen LogP contribution in [-0.2, 0) is 55.0 Å². The fourth-order valence-corrected chi connectivity index (χ4v) is 10.4. The van der Waals surface area contributed by atoms with E-state index in [1.807, 2.05) is 4.98 Å². The molecule has 4 aliphatic rings. The molecule has 4 saturated heterocycles. The number of ether oxygens (including phenoxy) is 3. The van der Waals surface area contributed by atoms with Crippen molar-refractivity contribution < 1.29 is 85.0 Å². The van der Waals surface area contributed by atoms with Crippen LogP contribution < -0.4 is 28.3 Å². The summed E-state index contributed by atoms with van der Waals surface area (Å²) in [7, 11) is -16.5. The number of rotatable bonds is 3. The first-order chi connectivity index (χ1) is 30.7. The molecule has 5 aromatic heterocycles. The maximum absolute atomic E-state index is 13.7. The van der Waals surface area contributed by atoms with Gasteiger partial charge in [0.25, 0.3) is 11.1 Å². The number of aliphatic hydroxyl groups is 3. The molecule has 65 heavy (non-hydrogen) atoms. The van der Waals surface area contributed by atoms with Gasteiger partial charge in [0, 0.05) is 12.3 Å². The summed E-state index contributed by atoms with van der Waals surface area (Å²) >= 11 is 0. The van der Waals surface area contributed by atoms with Gasteiger partial charge in [-0.3, -0.25) is 60.4 Å². The second kappa shape index (κ2) is 16.9. The number of phosphoric ester groups is 3. The molecular weight excluding hydrogens is 945 g/mol. The van der Waals surface area contributed by atoms with E-state index in [1.54, 1.807) is 0 Å². The minimum absolute atomic E-state index is 0.00140. The van der Waals surface area contributed by atoms with E-state index in [1.165, 1.54) is 0 Å². The van der Waals surface area contributed by atoms with Crippen molar-refractivity contribution in [3.63, 3.8) is 0 Å². The Morgan fingerprint density at radius 2 is 1.09 bits per heavy atom. The van der Waals surface area contributed by atoms with Gasteiger partial charge in [0.15, 0.2) is 41.3 Å². The van der Waals surface area contributed by atoms with Crippen LogP contribution in [-0.4, -0.2) is 153 Å². The van der Waals surface area contributed by atoms with E-state index in [0.717, 1.165) is 40.4 Å². The number of hydrogen-bond acceptors (Lipinski definition) is 25. The second-order valence-corrected chi connectivity index (χ2v) is 18.8. The van der Waals surface area contributed by atoms with Crippen LogP contribution >= 0.6 is 23.5 Å². The molecule has 33 nitrogen and oxygen atoms in total. The fourth-order valence-electron chi connectivity index (χ4n) is 7.51. The number of fused-ring (bicyclic) bond motifs is 5. The van der Waals surface area contributed by atoms with E-state index in [4.69, 9.17) is 52.8 Å². The van der Waals surface area contributed by atoms with Crippen LogP contribution in [0.5, 0.6) is 0 Å². The molecule has 352 valence electrons. The first-order valence-electron chi connectivity index (χ1n) is 18.6. The van der Waals surface area contributed by atoms with E-state index in [0.29, 0.717) is 4.57 Å². The number of aromatic amines is 2. The quantitative estimate of drug-likeness (QED) is 0.0770. The minimum atomic E-state index is -5.53. The van der Waals surface area contributed by atoms with Gasteiger partial charge in [0.05, 0.1) is 32.5 Å². The van der Waals surface area contributed by atoms with Crippen molar-refractivity contribution in [2.45, 2.75) is 73.6 Å². The summed E-state index contributed by atoms with van der Waals surface area (Å²) in [6.07, 6.45) is -18.7. The van der Waals surface area contributed by atoms with E-state index >= 15 is 0 Å². The molecule has 0 aliphatic carbocycles. The maximum atomic E-state index is 13.7. The average Bonchev–Trinajstić information content (AvgIpc) is 4.04. The van der Waals surface area contributed by atoms with E-state index in [-0.39, 0.29) is 34.1 Å². The number of nitrogens with two attached hydrogens (primary N) is 2. The number of nitrogen functional groups attached to an aromatic ring is 2. The lowest BCUT2D eigenvalue weighted by molar-refractivity contribution is -0.0671. The lowest BCUT2D eigenvalue weighted by Crippen LogP contribution is -2.39. The highest BCUT2D eigenvalue weighted by molar-refractivity contribution is 7.48. The van der Waals surface area contributed by atoms with Crippen molar-refractivity contribution in [1.29, 1.82) is 0 Å². The van der Waals surface area contributed by atoms with Gasteiger partial charge in [-0.25, -0.2) is 38.4 Å². The number of anilines is 2. The lowest BCUT2D eigenvalue weighted by Gasteiger charge is -2.27. The minimum Gasteiger partial charge on any atom is -0.386 e. The predicted octanol–water partition coefficient (Wildman–Crippen LogP) is -4.03. The molecule has 5 unspecified atom stereocenters. The molecule has 0 saturated carbocycles. The van der Waals surface area contributed by atoms with Gasteiger partial charge in [-0.2, -0.15) is 4.98 Å². The Labute approximate surface area is 358 Å². The van der Waals surface area contributed by atoms with Crippen LogP contribution in [0.25, 0.3) is 22.3 Å². The summed E-state index contributed by atoms with van der Waals surface area (Å²) < 4.78 is 92.7. The Bertz CT molecular complexity index is 2970. The van der Waals surface area contributed by atoms with Crippen molar-refractivity contribution in [2.24, 2.45) is 0 Å². The monoisotopic (exact) mass is 980 g/mol. The van der Waals surface area contributed by atoms with Crippen LogP contribution in [0.15, 0.2) is 45.6 Å². The van der Waals surface area contributed by atoms with Crippen molar-refractivity contribution in [2.75, 3.05) is 31.3 Å². The molecule has 0 aromatic carbocycles. The fraction of sp³-hybridized carbons (Fsp3) is 0.517. The zero-order valence-corrected chi connectivity index (χ0v) is 35.0. The van der Waals surface area contributed by atoms with Gasteiger partial charge in [0.1, 0.15) is 66.8 Å². The SMILES string of the molecule is Nc1nc2c(ncn2[C@@H]2O[C@@H]3COP(=O)(O)O[C@@H]4[C@H](O)[C@H](n5cnc6c(N)ncnc65)O[C@H]4COP(=O)(O)O[C@H]4C(O)C(n5ccc(=O)[nH]c5=O)O[C@@H]4COP(=O)(O)O[C@H]3[C@H]2O)c(=O)[nH]1. The van der Waals surface area contributed by atoms with Gasteiger partial charge in [-0.15, -0.1) is 0 Å². The molecule has 0 spiro atoms. The third-order valence-electron chi connectivity index (χ3n) is 10.4. The van der Waals surface area contributed by atoms with Crippen molar-refractivity contribution in [1.82, 2.24) is 48.6 Å². The molecule has 12 N–H and O–H groups in total. The predicted molar refractivity (Wildman–Crippen MR) is 205 cm³/mol. The number of imidazole rings is 2. The summed E-state index contributed by atoms with van der Waals surface area (Å²) in [5, 5.41) is 34.5. The average molecular weight is 981 g/mol. The number of hydrogen-bond donors (Lipinski definition) is 10.